The van der Waals surface area contributed by atoms with Crippen LogP contribution < -0.4 is 4.74 Å². The molecule has 3 heteroatoms. The van der Waals surface area contributed by atoms with Crippen molar-refractivity contribution in [2.24, 2.45) is 0 Å². The van der Waals surface area contributed by atoms with Crippen LogP contribution in [0.1, 0.15) is 22.8 Å². The molecule has 0 saturated heterocycles. The van der Waals surface area contributed by atoms with Gasteiger partial charge < -0.3 is 9.30 Å². The van der Waals surface area contributed by atoms with Crippen molar-refractivity contribution in [3.8, 4) is 5.75 Å². The Morgan fingerprint density at radius 1 is 0.963 bits per heavy atom. The first kappa shape index (κ1) is 17.1. The predicted octanol–water partition coefficient (Wildman–Crippen LogP) is 5.72. The lowest BCUT2D eigenvalue weighted by atomic mass is 10.1. The molecule has 3 aromatic carbocycles. The molecule has 134 valence electrons. The fraction of sp³-hybridized carbons (Fsp3) is 0.125. The van der Waals surface area contributed by atoms with Crippen molar-refractivity contribution in [1.82, 2.24) is 4.57 Å². The molecule has 0 spiro atoms. The number of ketones is 1. The fourth-order valence-corrected chi connectivity index (χ4v) is 3.63. The molecular formula is C24H21NO2. The lowest BCUT2D eigenvalue weighted by Crippen LogP contribution is -1.98. The first-order valence-corrected chi connectivity index (χ1v) is 9.09. The van der Waals surface area contributed by atoms with Crippen LogP contribution in [-0.4, -0.2) is 17.5 Å². The zero-order valence-corrected chi connectivity index (χ0v) is 15.5. The zero-order chi connectivity index (χ0) is 18.8. The van der Waals surface area contributed by atoms with E-state index in [9.17, 15) is 4.79 Å². The number of nitrogens with zero attached hydrogens (tertiary/aromatic N) is 1. The number of fused-ring (bicyclic) bond motifs is 3. The summed E-state index contributed by atoms with van der Waals surface area (Å²) < 4.78 is 7.60. The lowest BCUT2D eigenvalue weighted by molar-refractivity contribution is 0.104. The van der Waals surface area contributed by atoms with Gasteiger partial charge >= 0.3 is 0 Å². The van der Waals surface area contributed by atoms with Crippen LogP contribution in [0.2, 0.25) is 0 Å². The number of carbonyl (C=O) groups is 1. The summed E-state index contributed by atoms with van der Waals surface area (Å²) in [6.07, 6.45) is 3.48. The van der Waals surface area contributed by atoms with Gasteiger partial charge in [0.05, 0.1) is 12.7 Å². The number of aryl methyl sites for hydroxylation is 1. The molecule has 1 aromatic heterocycles. The summed E-state index contributed by atoms with van der Waals surface area (Å²) in [6.45, 7) is 3.08. The monoisotopic (exact) mass is 355 g/mol. The van der Waals surface area contributed by atoms with Gasteiger partial charge in [-0.15, -0.1) is 0 Å². The number of hydrogen-bond donors (Lipinski definition) is 0. The summed E-state index contributed by atoms with van der Waals surface area (Å²) in [4.78, 5) is 12.6. The number of ether oxygens (including phenoxy) is 1. The van der Waals surface area contributed by atoms with Crippen LogP contribution >= 0.6 is 0 Å². The molecule has 0 amide bonds. The molecule has 3 nitrogen and oxygen atoms in total. The molecule has 0 N–H and O–H groups in total. The second-order valence-electron chi connectivity index (χ2n) is 6.44. The summed E-state index contributed by atoms with van der Waals surface area (Å²) in [5.74, 6) is 0.525. The molecule has 0 saturated carbocycles. The summed E-state index contributed by atoms with van der Waals surface area (Å²) in [7, 11) is 1.58. The van der Waals surface area contributed by atoms with Crippen LogP contribution in [0, 0.1) is 0 Å². The van der Waals surface area contributed by atoms with Gasteiger partial charge in [0.15, 0.2) is 5.78 Å². The molecule has 0 atom stereocenters. The van der Waals surface area contributed by atoms with Gasteiger partial charge in [-0.05, 0) is 48.9 Å². The van der Waals surface area contributed by atoms with E-state index in [-0.39, 0.29) is 5.78 Å². The molecule has 0 radical (unpaired) electrons. The highest BCUT2D eigenvalue weighted by molar-refractivity contribution is 6.10. The number of allylic oxidation sites excluding steroid dienone is 1. The van der Waals surface area contributed by atoms with E-state index in [0.717, 1.165) is 12.1 Å². The molecule has 0 aliphatic carbocycles. The third kappa shape index (κ3) is 3.02. The molecule has 0 aliphatic rings. The van der Waals surface area contributed by atoms with Crippen molar-refractivity contribution in [3.63, 3.8) is 0 Å². The van der Waals surface area contributed by atoms with Gasteiger partial charge in [-0.2, -0.15) is 0 Å². The van der Waals surface area contributed by atoms with Crippen LogP contribution in [0.4, 0.5) is 0 Å². The average molecular weight is 355 g/mol. The maximum Gasteiger partial charge on any atom is 0.189 e. The quantitative estimate of drug-likeness (QED) is 0.339. The van der Waals surface area contributed by atoms with Crippen molar-refractivity contribution in [3.05, 3.63) is 83.9 Å². The van der Waals surface area contributed by atoms with Gasteiger partial charge in [-0.1, -0.05) is 42.5 Å². The maximum absolute atomic E-state index is 12.6. The number of benzene rings is 3. The molecule has 0 fully saturated rings. The van der Waals surface area contributed by atoms with E-state index in [1.54, 1.807) is 25.3 Å². The number of aromatic nitrogens is 1. The van der Waals surface area contributed by atoms with E-state index >= 15 is 0 Å². The molecule has 1 heterocycles. The number of para-hydroxylation sites is 2. The molecule has 4 aromatic rings. The Kier molecular flexibility index (Phi) is 4.51. The third-order valence-corrected chi connectivity index (χ3v) is 4.91. The van der Waals surface area contributed by atoms with E-state index < -0.39 is 0 Å². The summed E-state index contributed by atoms with van der Waals surface area (Å²) in [5, 5.41) is 2.44. The highest BCUT2D eigenvalue weighted by atomic mass is 16.5. The minimum absolute atomic E-state index is 0.0662. The first-order valence-electron chi connectivity index (χ1n) is 9.09. The largest absolute Gasteiger partial charge is 0.496 e. The Morgan fingerprint density at radius 3 is 2.52 bits per heavy atom. The Hall–Kier alpha value is -3.33. The second kappa shape index (κ2) is 7.12. The Labute approximate surface area is 158 Å². The molecule has 0 unspecified atom stereocenters. The third-order valence-electron chi connectivity index (χ3n) is 4.91. The van der Waals surface area contributed by atoms with Crippen LogP contribution in [0.25, 0.3) is 27.9 Å². The standard InChI is InChI=1S/C24H21NO2/c1-3-25-21-10-6-4-8-18(21)20-16-17(12-14-22(20)25)13-15-23(26)19-9-5-7-11-24(19)27-2/h4-16H,3H2,1-2H3. The van der Waals surface area contributed by atoms with E-state index in [1.165, 1.54) is 21.8 Å². The van der Waals surface area contributed by atoms with E-state index in [0.29, 0.717) is 11.3 Å². The van der Waals surface area contributed by atoms with Gasteiger partial charge in [0.25, 0.3) is 0 Å². The summed E-state index contributed by atoms with van der Waals surface area (Å²) in [5.41, 5.74) is 4.03. The SMILES string of the molecule is CCn1c2ccccc2c2cc(C=CC(=O)c3ccccc3OC)ccc21. The first-order chi connectivity index (χ1) is 13.2. The molecule has 0 bridgehead atoms. The number of rotatable bonds is 5. The smallest absolute Gasteiger partial charge is 0.189 e. The van der Waals surface area contributed by atoms with Crippen molar-refractivity contribution in [1.29, 1.82) is 0 Å². The Morgan fingerprint density at radius 2 is 1.70 bits per heavy atom. The van der Waals surface area contributed by atoms with Gasteiger partial charge in [-0.3, -0.25) is 4.79 Å². The maximum atomic E-state index is 12.6. The molecule has 4 rings (SSSR count). The molecule has 0 aliphatic heterocycles. The van der Waals surface area contributed by atoms with E-state index in [1.807, 2.05) is 18.2 Å². The van der Waals surface area contributed by atoms with Crippen molar-refractivity contribution >= 4 is 33.7 Å². The second-order valence-corrected chi connectivity index (χ2v) is 6.44. The van der Waals surface area contributed by atoms with Crippen molar-refractivity contribution < 1.29 is 9.53 Å². The Bertz CT molecular complexity index is 1170. The Balaban J connectivity index is 1.73. The van der Waals surface area contributed by atoms with Gasteiger partial charge in [0.2, 0.25) is 0 Å². The number of methoxy groups -OCH3 is 1. The van der Waals surface area contributed by atoms with Gasteiger partial charge in [0.1, 0.15) is 5.75 Å². The van der Waals surface area contributed by atoms with Crippen LogP contribution in [0.3, 0.4) is 0 Å². The normalized spacial score (nSPS) is 11.5. The van der Waals surface area contributed by atoms with Crippen molar-refractivity contribution in [2.45, 2.75) is 13.5 Å². The number of hydrogen-bond acceptors (Lipinski definition) is 2. The summed E-state index contributed by atoms with van der Waals surface area (Å²) >= 11 is 0. The minimum Gasteiger partial charge on any atom is -0.496 e. The fourth-order valence-electron chi connectivity index (χ4n) is 3.63. The molecular weight excluding hydrogens is 334 g/mol. The van der Waals surface area contributed by atoms with E-state index in [4.69, 9.17) is 4.74 Å². The number of carbonyl (C=O) groups excluding carboxylic acids is 1. The van der Waals surface area contributed by atoms with Crippen LogP contribution in [-0.2, 0) is 6.54 Å². The lowest BCUT2D eigenvalue weighted by Gasteiger charge is -2.04. The zero-order valence-electron chi connectivity index (χ0n) is 15.5. The topological polar surface area (TPSA) is 31.2 Å². The average Bonchev–Trinajstić information content (AvgIpc) is 3.05. The molecule has 27 heavy (non-hydrogen) atoms. The van der Waals surface area contributed by atoms with E-state index in [2.05, 4.69) is 54.0 Å². The van der Waals surface area contributed by atoms with Crippen LogP contribution in [0.15, 0.2) is 72.8 Å². The van der Waals surface area contributed by atoms with Gasteiger partial charge in [-0.25, -0.2) is 0 Å². The predicted molar refractivity (Wildman–Crippen MR) is 111 cm³/mol. The van der Waals surface area contributed by atoms with Crippen molar-refractivity contribution in [2.75, 3.05) is 7.11 Å². The minimum atomic E-state index is -0.0662. The summed E-state index contributed by atoms with van der Waals surface area (Å²) in [6, 6.07) is 22.1. The highest BCUT2D eigenvalue weighted by Gasteiger charge is 2.10. The highest BCUT2D eigenvalue weighted by Crippen LogP contribution is 2.30. The van der Waals surface area contributed by atoms with Gasteiger partial charge in [0, 0.05) is 28.4 Å². The van der Waals surface area contributed by atoms with Crippen LogP contribution in [0.5, 0.6) is 5.75 Å².